The minimum Gasteiger partial charge on any atom is -0.480 e. The molecule has 0 aromatic heterocycles. The number of carboxylic acid groups (broad SMARTS) is 1. The van der Waals surface area contributed by atoms with Gasteiger partial charge in [0.25, 0.3) is 5.91 Å². The molecule has 2 fully saturated rings. The molecule has 3 atom stereocenters. The second kappa shape index (κ2) is 5.69. The lowest BCUT2D eigenvalue weighted by molar-refractivity contribution is -0.157. The van der Waals surface area contributed by atoms with E-state index < -0.39 is 18.1 Å². The van der Waals surface area contributed by atoms with Crippen molar-refractivity contribution < 1.29 is 19.4 Å². The van der Waals surface area contributed by atoms with Crippen LogP contribution in [0.25, 0.3) is 0 Å². The Morgan fingerprint density at radius 1 is 1.39 bits per heavy atom. The molecule has 18 heavy (non-hydrogen) atoms. The number of hydrogen-bond acceptors (Lipinski definition) is 3. The number of carbonyl (C=O) groups is 2. The fourth-order valence-electron chi connectivity index (χ4n) is 2.86. The van der Waals surface area contributed by atoms with Gasteiger partial charge in [0.1, 0.15) is 12.1 Å². The van der Waals surface area contributed by atoms with Crippen molar-refractivity contribution in [3.63, 3.8) is 0 Å². The maximum atomic E-state index is 12.2. The molecular weight excluding hydrogens is 234 g/mol. The van der Waals surface area contributed by atoms with Crippen LogP contribution in [0.15, 0.2) is 0 Å². The van der Waals surface area contributed by atoms with E-state index in [9.17, 15) is 14.7 Å². The molecule has 0 aromatic carbocycles. The minimum atomic E-state index is -0.889. The van der Waals surface area contributed by atoms with E-state index in [1.807, 2.05) is 0 Å². The molecule has 0 saturated carbocycles. The van der Waals surface area contributed by atoms with E-state index in [2.05, 4.69) is 6.92 Å². The molecule has 102 valence electrons. The number of piperidine rings is 1. The molecule has 1 N–H and O–H groups in total. The van der Waals surface area contributed by atoms with Gasteiger partial charge in [-0.15, -0.1) is 0 Å². The maximum absolute atomic E-state index is 12.2. The van der Waals surface area contributed by atoms with Gasteiger partial charge in [0.05, 0.1) is 0 Å². The van der Waals surface area contributed by atoms with E-state index >= 15 is 0 Å². The summed E-state index contributed by atoms with van der Waals surface area (Å²) < 4.78 is 5.37. The number of aliphatic carboxylic acids is 1. The number of ether oxygens (including phenoxy) is 1. The third-order valence-corrected chi connectivity index (χ3v) is 4.06. The molecule has 3 unspecified atom stereocenters. The number of hydrogen-bond donors (Lipinski definition) is 1. The van der Waals surface area contributed by atoms with Gasteiger partial charge in [0.2, 0.25) is 0 Å². The number of rotatable bonds is 3. The second-order valence-electron chi connectivity index (χ2n) is 5.19. The molecule has 0 spiro atoms. The van der Waals surface area contributed by atoms with E-state index in [1.54, 1.807) is 0 Å². The van der Waals surface area contributed by atoms with Crippen molar-refractivity contribution in [3.8, 4) is 0 Å². The Balaban J connectivity index is 2.05. The molecule has 2 heterocycles. The van der Waals surface area contributed by atoms with Crippen molar-refractivity contribution >= 4 is 11.9 Å². The summed E-state index contributed by atoms with van der Waals surface area (Å²) in [7, 11) is 0. The van der Waals surface area contributed by atoms with Crippen LogP contribution in [0.5, 0.6) is 0 Å². The first kappa shape index (κ1) is 13.3. The fraction of sp³-hybridized carbons (Fsp3) is 0.846. The van der Waals surface area contributed by atoms with Crippen LogP contribution in [0, 0.1) is 5.92 Å². The second-order valence-corrected chi connectivity index (χ2v) is 5.19. The van der Waals surface area contributed by atoms with Gasteiger partial charge in [0.15, 0.2) is 0 Å². The van der Waals surface area contributed by atoms with Gasteiger partial charge in [-0.25, -0.2) is 4.79 Å². The lowest BCUT2D eigenvalue weighted by Gasteiger charge is -2.38. The van der Waals surface area contributed by atoms with Gasteiger partial charge in [-0.3, -0.25) is 4.79 Å². The molecule has 5 nitrogen and oxygen atoms in total. The molecule has 5 heteroatoms. The Kier molecular flexibility index (Phi) is 4.22. The molecule has 2 aliphatic rings. The van der Waals surface area contributed by atoms with Crippen LogP contribution in [0.4, 0.5) is 0 Å². The summed E-state index contributed by atoms with van der Waals surface area (Å²) in [4.78, 5) is 25.1. The summed E-state index contributed by atoms with van der Waals surface area (Å²) in [5, 5.41) is 9.28. The van der Waals surface area contributed by atoms with Crippen LogP contribution < -0.4 is 0 Å². The summed E-state index contributed by atoms with van der Waals surface area (Å²) in [6.07, 6.45) is 3.65. The Labute approximate surface area is 107 Å². The highest BCUT2D eigenvalue weighted by molar-refractivity contribution is 5.86. The predicted molar refractivity (Wildman–Crippen MR) is 65.1 cm³/mol. The summed E-state index contributed by atoms with van der Waals surface area (Å²) >= 11 is 0. The van der Waals surface area contributed by atoms with E-state index in [0.717, 1.165) is 25.7 Å². The van der Waals surface area contributed by atoms with Gasteiger partial charge in [-0.2, -0.15) is 0 Å². The molecule has 2 saturated heterocycles. The molecule has 1 amide bonds. The predicted octanol–water partition coefficient (Wildman–Crippen LogP) is 1.27. The molecule has 0 aromatic rings. The van der Waals surface area contributed by atoms with E-state index in [0.29, 0.717) is 25.5 Å². The van der Waals surface area contributed by atoms with E-state index in [-0.39, 0.29) is 5.91 Å². The zero-order chi connectivity index (χ0) is 13.1. The van der Waals surface area contributed by atoms with Crippen molar-refractivity contribution in [3.05, 3.63) is 0 Å². The van der Waals surface area contributed by atoms with Crippen LogP contribution in [0.3, 0.4) is 0 Å². The van der Waals surface area contributed by atoms with Crippen molar-refractivity contribution in [2.45, 2.75) is 51.2 Å². The van der Waals surface area contributed by atoms with Crippen LogP contribution in [-0.4, -0.2) is 47.2 Å². The first-order valence-electron chi connectivity index (χ1n) is 6.78. The monoisotopic (exact) mass is 255 g/mol. The van der Waals surface area contributed by atoms with Gasteiger partial charge in [-0.05, 0) is 31.6 Å². The number of carbonyl (C=O) groups excluding carboxylic acids is 1. The Morgan fingerprint density at radius 3 is 2.72 bits per heavy atom. The Hall–Kier alpha value is -1.10. The summed E-state index contributed by atoms with van der Waals surface area (Å²) in [6.45, 7) is 3.23. The average molecular weight is 255 g/mol. The Bertz CT molecular complexity index is 325. The zero-order valence-corrected chi connectivity index (χ0v) is 10.8. The molecule has 0 radical (unpaired) electrons. The van der Waals surface area contributed by atoms with Gasteiger partial charge < -0.3 is 14.7 Å². The molecule has 0 aliphatic carbocycles. The summed E-state index contributed by atoms with van der Waals surface area (Å²) in [6, 6.07) is -0.666. The van der Waals surface area contributed by atoms with Crippen LogP contribution in [-0.2, 0) is 14.3 Å². The zero-order valence-electron chi connectivity index (χ0n) is 10.8. The molecular formula is C13H21NO4. The SMILES string of the molecule is CCC1CCN(C(=O)C2CCCO2)C(C(=O)O)C1. The number of amides is 1. The lowest BCUT2D eigenvalue weighted by Crippen LogP contribution is -2.53. The van der Waals surface area contributed by atoms with Crippen LogP contribution >= 0.6 is 0 Å². The topological polar surface area (TPSA) is 66.8 Å². The highest BCUT2D eigenvalue weighted by Gasteiger charge is 2.39. The van der Waals surface area contributed by atoms with Crippen molar-refractivity contribution in [1.82, 2.24) is 4.90 Å². The maximum Gasteiger partial charge on any atom is 0.326 e. The molecule has 2 aliphatic heterocycles. The number of likely N-dealkylation sites (tertiary alicyclic amines) is 1. The standard InChI is InChI=1S/C13H21NO4/c1-2-9-5-6-14(10(8-9)13(16)17)12(15)11-4-3-7-18-11/h9-11H,2-8H2,1H3,(H,16,17). The quantitative estimate of drug-likeness (QED) is 0.824. The minimum absolute atomic E-state index is 0.130. The van der Waals surface area contributed by atoms with Gasteiger partial charge in [0, 0.05) is 13.2 Å². The van der Waals surface area contributed by atoms with E-state index in [4.69, 9.17) is 4.74 Å². The lowest BCUT2D eigenvalue weighted by atomic mass is 9.88. The fourth-order valence-corrected chi connectivity index (χ4v) is 2.86. The first-order chi connectivity index (χ1) is 8.63. The third kappa shape index (κ3) is 2.66. The average Bonchev–Trinajstić information content (AvgIpc) is 2.91. The molecule has 0 bridgehead atoms. The highest BCUT2D eigenvalue weighted by atomic mass is 16.5. The summed E-state index contributed by atoms with van der Waals surface area (Å²) in [5.41, 5.74) is 0. The van der Waals surface area contributed by atoms with Crippen molar-refractivity contribution in [1.29, 1.82) is 0 Å². The van der Waals surface area contributed by atoms with Gasteiger partial charge >= 0.3 is 5.97 Å². The number of carboxylic acids is 1. The van der Waals surface area contributed by atoms with Crippen molar-refractivity contribution in [2.75, 3.05) is 13.2 Å². The largest absolute Gasteiger partial charge is 0.480 e. The highest BCUT2D eigenvalue weighted by Crippen LogP contribution is 2.27. The van der Waals surface area contributed by atoms with Crippen LogP contribution in [0.1, 0.15) is 39.0 Å². The summed E-state index contributed by atoms with van der Waals surface area (Å²) in [5.74, 6) is -0.603. The van der Waals surface area contributed by atoms with Crippen LogP contribution in [0.2, 0.25) is 0 Å². The number of nitrogens with zero attached hydrogens (tertiary/aromatic N) is 1. The smallest absolute Gasteiger partial charge is 0.326 e. The normalized spacial score (nSPS) is 32.5. The van der Waals surface area contributed by atoms with Crippen molar-refractivity contribution in [2.24, 2.45) is 5.92 Å². The third-order valence-electron chi connectivity index (χ3n) is 4.06. The molecule has 2 rings (SSSR count). The van der Waals surface area contributed by atoms with E-state index in [1.165, 1.54) is 4.90 Å². The Morgan fingerprint density at radius 2 is 2.17 bits per heavy atom. The first-order valence-corrected chi connectivity index (χ1v) is 6.78. The van der Waals surface area contributed by atoms with Gasteiger partial charge in [-0.1, -0.05) is 13.3 Å².